The largest absolute Gasteiger partial charge is 0.493 e. The van der Waals surface area contributed by atoms with E-state index in [1.807, 2.05) is 30.9 Å². The SMILES string of the molecule is COc1cc2c(cc1OC)CN(C(=O)c1ccc(=O)[nH]c1C(C)C)CC2. The highest BCUT2D eigenvalue weighted by Crippen LogP contribution is 2.33. The van der Waals surface area contributed by atoms with E-state index in [2.05, 4.69) is 4.98 Å². The first-order valence-electron chi connectivity index (χ1n) is 8.70. The fourth-order valence-corrected chi connectivity index (χ4v) is 3.36. The van der Waals surface area contributed by atoms with E-state index in [1.165, 1.54) is 6.07 Å². The van der Waals surface area contributed by atoms with Gasteiger partial charge in [0.1, 0.15) is 0 Å². The van der Waals surface area contributed by atoms with Gasteiger partial charge in [0.2, 0.25) is 5.56 Å². The number of aromatic nitrogens is 1. The number of hydrogen-bond donors (Lipinski definition) is 1. The minimum atomic E-state index is -0.189. The molecule has 26 heavy (non-hydrogen) atoms. The van der Waals surface area contributed by atoms with Gasteiger partial charge in [-0.1, -0.05) is 13.8 Å². The van der Waals surface area contributed by atoms with Crippen LogP contribution in [-0.2, 0) is 13.0 Å². The molecule has 0 saturated heterocycles. The van der Waals surface area contributed by atoms with Gasteiger partial charge in [-0.2, -0.15) is 0 Å². The fraction of sp³-hybridized carbons (Fsp3) is 0.400. The van der Waals surface area contributed by atoms with Crippen molar-refractivity contribution in [3.05, 3.63) is 57.0 Å². The molecule has 1 amide bonds. The molecule has 1 aromatic carbocycles. The van der Waals surface area contributed by atoms with Crippen LogP contribution in [0.4, 0.5) is 0 Å². The third-order valence-electron chi connectivity index (χ3n) is 4.76. The number of pyridine rings is 1. The Kier molecular flexibility index (Phi) is 5.02. The molecule has 0 spiro atoms. The molecule has 1 N–H and O–H groups in total. The van der Waals surface area contributed by atoms with Gasteiger partial charge in [-0.05, 0) is 41.7 Å². The number of methoxy groups -OCH3 is 2. The maximum atomic E-state index is 13.1. The molecule has 0 fully saturated rings. The van der Waals surface area contributed by atoms with E-state index in [-0.39, 0.29) is 17.4 Å². The first-order chi connectivity index (χ1) is 12.4. The zero-order valence-electron chi connectivity index (χ0n) is 15.6. The number of aromatic amines is 1. The highest BCUT2D eigenvalue weighted by atomic mass is 16.5. The zero-order valence-corrected chi connectivity index (χ0v) is 15.6. The van der Waals surface area contributed by atoms with Crippen molar-refractivity contribution in [1.29, 1.82) is 0 Å². The Bertz CT molecular complexity index is 886. The second-order valence-corrected chi connectivity index (χ2v) is 6.76. The van der Waals surface area contributed by atoms with E-state index >= 15 is 0 Å². The Balaban J connectivity index is 1.92. The topological polar surface area (TPSA) is 71.6 Å². The van der Waals surface area contributed by atoms with E-state index in [0.717, 1.165) is 17.5 Å². The van der Waals surface area contributed by atoms with Gasteiger partial charge >= 0.3 is 0 Å². The van der Waals surface area contributed by atoms with Crippen LogP contribution in [0.5, 0.6) is 11.5 Å². The lowest BCUT2D eigenvalue weighted by Crippen LogP contribution is -2.37. The average Bonchev–Trinajstić information content (AvgIpc) is 2.65. The van der Waals surface area contributed by atoms with Crippen molar-refractivity contribution in [3.63, 3.8) is 0 Å². The molecule has 1 aliphatic rings. The Morgan fingerprint density at radius 2 is 1.77 bits per heavy atom. The predicted molar refractivity (Wildman–Crippen MR) is 99.1 cm³/mol. The van der Waals surface area contributed by atoms with E-state index in [9.17, 15) is 9.59 Å². The molecule has 0 unspecified atom stereocenters. The van der Waals surface area contributed by atoms with E-state index in [4.69, 9.17) is 9.47 Å². The van der Waals surface area contributed by atoms with Gasteiger partial charge in [-0.15, -0.1) is 0 Å². The summed E-state index contributed by atoms with van der Waals surface area (Å²) in [7, 11) is 3.22. The third kappa shape index (κ3) is 3.31. The van der Waals surface area contributed by atoms with Gasteiger partial charge in [0.25, 0.3) is 5.91 Å². The molecule has 0 aliphatic carbocycles. The quantitative estimate of drug-likeness (QED) is 0.914. The van der Waals surface area contributed by atoms with Crippen molar-refractivity contribution in [2.45, 2.75) is 32.7 Å². The van der Waals surface area contributed by atoms with Gasteiger partial charge in [0.15, 0.2) is 11.5 Å². The Morgan fingerprint density at radius 1 is 1.12 bits per heavy atom. The Hall–Kier alpha value is -2.76. The second kappa shape index (κ2) is 7.23. The van der Waals surface area contributed by atoms with Gasteiger partial charge in [-0.3, -0.25) is 9.59 Å². The van der Waals surface area contributed by atoms with E-state index in [1.54, 1.807) is 20.3 Å². The number of fused-ring (bicyclic) bond motifs is 1. The number of carbonyl (C=O) groups is 1. The summed E-state index contributed by atoms with van der Waals surface area (Å²) >= 11 is 0. The maximum absolute atomic E-state index is 13.1. The van der Waals surface area contributed by atoms with Crippen LogP contribution in [0.2, 0.25) is 0 Å². The lowest BCUT2D eigenvalue weighted by molar-refractivity contribution is 0.0732. The summed E-state index contributed by atoms with van der Waals surface area (Å²) in [6.07, 6.45) is 0.752. The van der Waals surface area contributed by atoms with Gasteiger partial charge in [0.05, 0.1) is 19.8 Å². The van der Waals surface area contributed by atoms with Gasteiger partial charge in [-0.25, -0.2) is 0 Å². The zero-order chi connectivity index (χ0) is 18.8. The van der Waals surface area contributed by atoms with Crippen molar-refractivity contribution in [2.24, 2.45) is 0 Å². The Morgan fingerprint density at radius 3 is 2.38 bits per heavy atom. The summed E-state index contributed by atoms with van der Waals surface area (Å²) < 4.78 is 10.7. The highest BCUT2D eigenvalue weighted by molar-refractivity contribution is 5.95. The Labute approximate surface area is 152 Å². The lowest BCUT2D eigenvalue weighted by Gasteiger charge is -2.30. The molecular formula is C20H24N2O4. The van der Waals surface area contributed by atoms with Crippen LogP contribution in [-0.4, -0.2) is 36.6 Å². The van der Waals surface area contributed by atoms with E-state index in [0.29, 0.717) is 35.8 Å². The van der Waals surface area contributed by atoms with E-state index < -0.39 is 0 Å². The molecule has 0 radical (unpaired) electrons. The van der Waals surface area contributed by atoms with Crippen LogP contribution >= 0.6 is 0 Å². The number of amides is 1. The standard InChI is InChI=1S/C20H24N2O4/c1-12(2)19-15(5-6-18(23)21-19)20(24)22-8-7-13-9-16(25-3)17(26-4)10-14(13)11-22/h5-6,9-10,12H,7-8,11H2,1-4H3,(H,21,23). The molecule has 6 nitrogen and oxygen atoms in total. The average molecular weight is 356 g/mol. The summed E-state index contributed by atoms with van der Waals surface area (Å²) in [4.78, 5) is 29.3. The minimum Gasteiger partial charge on any atom is -0.493 e. The van der Waals surface area contributed by atoms with Crippen molar-refractivity contribution >= 4 is 5.91 Å². The van der Waals surface area contributed by atoms with Crippen LogP contribution in [0.3, 0.4) is 0 Å². The van der Waals surface area contributed by atoms with Gasteiger partial charge in [0, 0.05) is 24.8 Å². The number of ether oxygens (including phenoxy) is 2. The number of carbonyl (C=O) groups excluding carboxylic acids is 1. The lowest BCUT2D eigenvalue weighted by atomic mass is 9.97. The number of H-pyrrole nitrogens is 1. The number of hydrogen-bond acceptors (Lipinski definition) is 4. The molecule has 2 heterocycles. The molecule has 3 rings (SSSR count). The minimum absolute atomic E-state index is 0.0595. The van der Waals surface area contributed by atoms with Crippen molar-refractivity contribution in [2.75, 3.05) is 20.8 Å². The number of benzene rings is 1. The highest BCUT2D eigenvalue weighted by Gasteiger charge is 2.26. The molecule has 0 saturated carbocycles. The normalized spacial score (nSPS) is 13.5. The number of nitrogens with one attached hydrogen (secondary N) is 1. The maximum Gasteiger partial charge on any atom is 0.255 e. The summed E-state index contributed by atoms with van der Waals surface area (Å²) in [5.41, 5.74) is 3.27. The third-order valence-corrected chi connectivity index (χ3v) is 4.76. The van der Waals surface area contributed by atoms with Crippen molar-refractivity contribution < 1.29 is 14.3 Å². The summed E-state index contributed by atoms with van der Waals surface area (Å²) in [6.45, 7) is 5.05. The van der Waals surface area contributed by atoms with Crippen LogP contribution in [0.25, 0.3) is 0 Å². The van der Waals surface area contributed by atoms with Crippen molar-refractivity contribution in [3.8, 4) is 11.5 Å². The first kappa shape index (κ1) is 18.0. The molecule has 0 atom stereocenters. The number of rotatable bonds is 4. The summed E-state index contributed by atoms with van der Waals surface area (Å²) in [5, 5.41) is 0. The smallest absolute Gasteiger partial charge is 0.255 e. The first-order valence-corrected chi connectivity index (χ1v) is 8.70. The molecular weight excluding hydrogens is 332 g/mol. The molecule has 138 valence electrons. The monoisotopic (exact) mass is 356 g/mol. The van der Waals surface area contributed by atoms with Crippen LogP contribution < -0.4 is 15.0 Å². The van der Waals surface area contributed by atoms with Gasteiger partial charge < -0.3 is 19.4 Å². The number of nitrogens with zero attached hydrogens (tertiary/aromatic N) is 1. The van der Waals surface area contributed by atoms with Crippen LogP contribution in [0.15, 0.2) is 29.1 Å². The predicted octanol–water partition coefficient (Wildman–Crippen LogP) is 2.71. The molecule has 6 heteroatoms. The molecule has 1 aromatic heterocycles. The fourth-order valence-electron chi connectivity index (χ4n) is 3.36. The van der Waals surface area contributed by atoms with Crippen molar-refractivity contribution in [1.82, 2.24) is 9.88 Å². The van der Waals surface area contributed by atoms with Crippen LogP contribution in [0, 0.1) is 0 Å². The summed E-state index contributed by atoms with van der Waals surface area (Å²) in [5.74, 6) is 1.36. The molecule has 1 aliphatic heterocycles. The van der Waals surface area contributed by atoms with Crippen LogP contribution in [0.1, 0.15) is 46.9 Å². The second-order valence-electron chi connectivity index (χ2n) is 6.76. The summed E-state index contributed by atoms with van der Waals surface area (Å²) in [6, 6.07) is 6.95. The molecule has 2 aromatic rings. The molecule has 0 bridgehead atoms.